The molecule has 21 heavy (non-hydrogen) atoms. The van der Waals surface area contributed by atoms with Gasteiger partial charge in [0, 0.05) is 19.6 Å². The highest BCUT2D eigenvalue weighted by molar-refractivity contribution is 7.89. The number of rotatable bonds is 6. The molecule has 0 saturated carbocycles. The Kier molecular flexibility index (Phi) is 5.42. The van der Waals surface area contributed by atoms with Crippen molar-refractivity contribution in [3.63, 3.8) is 0 Å². The van der Waals surface area contributed by atoms with Crippen LogP contribution in [-0.4, -0.2) is 62.2 Å². The average molecular weight is 316 g/mol. The van der Waals surface area contributed by atoms with E-state index < -0.39 is 10.0 Å². The summed E-state index contributed by atoms with van der Waals surface area (Å²) in [6.07, 6.45) is 2.24. The van der Waals surface area contributed by atoms with Crippen molar-refractivity contribution >= 4 is 16.0 Å². The van der Waals surface area contributed by atoms with E-state index in [4.69, 9.17) is 10.6 Å². The lowest BCUT2D eigenvalue weighted by Gasteiger charge is -2.32. The molecule has 0 radical (unpaired) electrons. The van der Waals surface area contributed by atoms with E-state index in [1.165, 1.54) is 12.4 Å². The summed E-state index contributed by atoms with van der Waals surface area (Å²) in [6.45, 7) is 5.41. The summed E-state index contributed by atoms with van der Waals surface area (Å²) in [6, 6.07) is 0. The molecule has 0 spiro atoms. The minimum atomic E-state index is -3.65. The Labute approximate surface area is 123 Å². The van der Waals surface area contributed by atoms with Crippen LogP contribution >= 0.6 is 0 Å². The fourth-order valence-corrected chi connectivity index (χ4v) is 2.96. The molecular weight excluding hydrogens is 296 g/mol. The molecule has 0 amide bonds. The van der Waals surface area contributed by atoms with Crippen molar-refractivity contribution in [1.82, 2.24) is 19.6 Å². The van der Waals surface area contributed by atoms with E-state index in [2.05, 4.69) is 31.9 Å². The molecule has 1 atom stereocenters. The fraction of sp³-hybridized carbons (Fsp3) is 0.636. The predicted molar refractivity (Wildman–Crippen MR) is 76.9 cm³/mol. The molecule has 0 aliphatic carbocycles. The van der Waals surface area contributed by atoms with Gasteiger partial charge in [0.15, 0.2) is 0 Å². The van der Waals surface area contributed by atoms with Crippen LogP contribution in [0.25, 0.3) is 0 Å². The van der Waals surface area contributed by atoms with E-state index in [0.717, 1.165) is 13.1 Å². The van der Waals surface area contributed by atoms with Gasteiger partial charge >= 0.3 is 0 Å². The van der Waals surface area contributed by atoms with Crippen LogP contribution in [0.5, 0.6) is 0 Å². The maximum Gasteiger partial charge on any atom is 0.243 e. The van der Waals surface area contributed by atoms with Gasteiger partial charge in [-0.05, 0) is 6.54 Å². The Bertz CT molecular complexity index is 550. The number of aromatic nitrogens is 2. The number of ether oxygens (including phenoxy) is 1. The lowest BCUT2D eigenvalue weighted by atomic mass is 10.3. The third kappa shape index (κ3) is 4.32. The maximum absolute atomic E-state index is 12.1. The zero-order valence-corrected chi connectivity index (χ0v) is 12.6. The Balaban J connectivity index is 1.94. The van der Waals surface area contributed by atoms with Gasteiger partial charge < -0.3 is 4.74 Å². The first kappa shape index (κ1) is 16.0. The summed E-state index contributed by atoms with van der Waals surface area (Å²) in [5.41, 5.74) is 2.24. The number of nitrogens with two attached hydrogens (primary N) is 1. The van der Waals surface area contributed by atoms with Crippen LogP contribution in [0.4, 0.5) is 5.95 Å². The van der Waals surface area contributed by atoms with Gasteiger partial charge in [0.2, 0.25) is 16.0 Å². The van der Waals surface area contributed by atoms with Crippen molar-refractivity contribution in [1.29, 1.82) is 0 Å². The molecule has 1 saturated heterocycles. The second-order valence-corrected chi connectivity index (χ2v) is 6.39. The lowest BCUT2D eigenvalue weighted by molar-refractivity contribution is -0.0229. The molecular formula is C11H20N6O3S. The SMILES string of the molecule is CCN1CCOC(CNS(=O)(=O)c2cnc(NN)nc2)C1. The molecule has 1 aromatic rings. The van der Waals surface area contributed by atoms with Crippen LogP contribution in [0, 0.1) is 0 Å². The maximum atomic E-state index is 12.1. The normalized spacial score (nSPS) is 20.4. The topological polar surface area (TPSA) is 122 Å². The average Bonchev–Trinajstić information content (AvgIpc) is 2.53. The van der Waals surface area contributed by atoms with Crippen molar-refractivity contribution in [3.8, 4) is 0 Å². The van der Waals surface area contributed by atoms with Crippen LogP contribution in [0.2, 0.25) is 0 Å². The van der Waals surface area contributed by atoms with E-state index in [-0.39, 0.29) is 23.5 Å². The number of hydrogen-bond donors (Lipinski definition) is 3. The highest BCUT2D eigenvalue weighted by Crippen LogP contribution is 2.09. The first-order valence-corrected chi connectivity index (χ1v) is 8.15. The van der Waals surface area contributed by atoms with E-state index in [9.17, 15) is 8.42 Å². The van der Waals surface area contributed by atoms with Gasteiger partial charge in [0.05, 0.1) is 25.1 Å². The van der Waals surface area contributed by atoms with Crippen molar-refractivity contribution in [3.05, 3.63) is 12.4 Å². The first-order valence-electron chi connectivity index (χ1n) is 6.67. The predicted octanol–water partition coefficient (Wildman–Crippen LogP) is -1.24. The largest absolute Gasteiger partial charge is 0.374 e. The summed E-state index contributed by atoms with van der Waals surface area (Å²) in [7, 11) is -3.65. The minimum Gasteiger partial charge on any atom is -0.374 e. The van der Waals surface area contributed by atoms with Crippen molar-refractivity contribution in [2.75, 3.05) is 38.2 Å². The summed E-state index contributed by atoms with van der Waals surface area (Å²) in [5, 5.41) is 0. The van der Waals surface area contributed by atoms with E-state index >= 15 is 0 Å². The zero-order chi connectivity index (χ0) is 15.3. The highest BCUT2D eigenvalue weighted by Gasteiger charge is 2.22. The summed E-state index contributed by atoms with van der Waals surface area (Å²) in [4.78, 5) is 9.76. The van der Waals surface area contributed by atoms with Crippen LogP contribution in [0.1, 0.15) is 6.92 Å². The zero-order valence-electron chi connectivity index (χ0n) is 11.8. The van der Waals surface area contributed by atoms with Gasteiger partial charge in [0.1, 0.15) is 4.90 Å². The Hall–Kier alpha value is -1.33. The monoisotopic (exact) mass is 316 g/mol. The lowest BCUT2D eigenvalue weighted by Crippen LogP contribution is -2.47. The smallest absolute Gasteiger partial charge is 0.243 e. The Morgan fingerprint density at radius 3 is 2.81 bits per heavy atom. The molecule has 2 heterocycles. The van der Waals surface area contributed by atoms with Crippen LogP contribution in [-0.2, 0) is 14.8 Å². The second-order valence-electron chi connectivity index (χ2n) is 4.62. The van der Waals surface area contributed by atoms with E-state index in [1.807, 2.05) is 0 Å². The summed E-state index contributed by atoms with van der Waals surface area (Å²) in [5.74, 6) is 5.29. The number of morpholine rings is 1. The number of anilines is 1. The molecule has 1 aliphatic heterocycles. The highest BCUT2D eigenvalue weighted by atomic mass is 32.2. The van der Waals surface area contributed by atoms with Gasteiger partial charge in [0.25, 0.3) is 0 Å². The van der Waals surface area contributed by atoms with E-state index in [0.29, 0.717) is 13.2 Å². The number of hydrogen-bond acceptors (Lipinski definition) is 8. The second kappa shape index (κ2) is 7.09. The van der Waals surface area contributed by atoms with Gasteiger partial charge in [-0.25, -0.2) is 29.0 Å². The molecule has 4 N–H and O–H groups in total. The third-order valence-electron chi connectivity index (χ3n) is 3.24. The van der Waals surface area contributed by atoms with Gasteiger partial charge in [-0.2, -0.15) is 0 Å². The number of hydrazine groups is 1. The van der Waals surface area contributed by atoms with E-state index in [1.54, 1.807) is 0 Å². The number of likely N-dealkylation sites (N-methyl/N-ethyl adjacent to an activating group) is 1. The molecule has 0 aromatic carbocycles. The van der Waals surface area contributed by atoms with Gasteiger partial charge in [-0.3, -0.25) is 10.3 Å². The Morgan fingerprint density at radius 2 is 2.19 bits per heavy atom. The molecule has 2 rings (SSSR count). The third-order valence-corrected chi connectivity index (χ3v) is 4.62. The van der Waals surface area contributed by atoms with Crippen LogP contribution in [0.15, 0.2) is 17.3 Å². The number of sulfonamides is 1. The number of nitrogen functional groups attached to an aromatic ring is 1. The molecule has 0 bridgehead atoms. The van der Waals surface area contributed by atoms with Crippen molar-refractivity contribution in [2.45, 2.75) is 17.9 Å². The van der Waals surface area contributed by atoms with Crippen molar-refractivity contribution < 1.29 is 13.2 Å². The molecule has 118 valence electrons. The number of nitrogens with zero attached hydrogens (tertiary/aromatic N) is 3. The van der Waals surface area contributed by atoms with Crippen molar-refractivity contribution in [2.24, 2.45) is 5.84 Å². The van der Waals surface area contributed by atoms with Crippen LogP contribution < -0.4 is 16.0 Å². The summed E-state index contributed by atoms with van der Waals surface area (Å²) < 4.78 is 32.3. The first-order chi connectivity index (χ1) is 10.0. The van der Waals surface area contributed by atoms with Gasteiger partial charge in [-0.1, -0.05) is 6.92 Å². The standard InChI is InChI=1S/C11H20N6O3S/c1-2-17-3-4-20-9(8-17)5-15-21(18,19)10-6-13-11(16-12)14-7-10/h6-7,9,15H,2-5,8,12H2,1H3,(H,13,14,16). The molecule has 9 nitrogen and oxygen atoms in total. The Morgan fingerprint density at radius 1 is 1.48 bits per heavy atom. The molecule has 10 heteroatoms. The molecule has 1 fully saturated rings. The molecule has 1 aromatic heterocycles. The van der Waals surface area contributed by atoms with Gasteiger partial charge in [-0.15, -0.1) is 0 Å². The molecule has 1 aliphatic rings. The fourth-order valence-electron chi connectivity index (χ4n) is 2.01. The minimum absolute atomic E-state index is 0.00958. The quantitative estimate of drug-likeness (QED) is 0.440. The number of nitrogens with one attached hydrogen (secondary N) is 2. The summed E-state index contributed by atoms with van der Waals surface area (Å²) >= 11 is 0. The van der Waals surface area contributed by atoms with Crippen LogP contribution in [0.3, 0.4) is 0 Å². The molecule has 1 unspecified atom stereocenters.